The van der Waals surface area contributed by atoms with Gasteiger partial charge < -0.3 is 10.1 Å². The van der Waals surface area contributed by atoms with Crippen LogP contribution in [0.25, 0.3) is 0 Å². The first kappa shape index (κ1) is 21.2. The molecule has 1 N–H and O–H groups in total. The van der Waals surface area contributed by atoms with E-state index in [1.54, 1.807) is 49.7 Å². The molecule has 2 heterocycles. The fraction of sp³-hybridized carbons (Fsp3) is 0.200. The fourth-order valence-corrected chi connectivity index (χ4v) is 3.49. The van der Waals surface area contributed by atoms with Gasteiger partial charge in [-0.15, -0.1) is 0 Å². The SMILES string of the molecule is COc1ccc(NC(=O)CN2C(=O)CC(c3ccc(C)c(C)c3)=Nc3cccnc32)cc1. The predicted molar refractivity (Wildman–Crippen MR) is 125 cm³/mol. The Bertz CT molecular complexity index is 1200. The zero-order valence-corrected chi connectivity index (χ0v) is 18.3. The Morgan fingerprint density at radius 1 is 1.09 bits per heavy atom. The number of rotatable bonds is 5. The van der Waals surface area contributed by atoms with E-state index in [0.717, 1.165) is 11.1 Å². The first-order chi connectivity index (χ1) is 15.4. The zero-order valence-electron chi connectivity index (χ0n) is 18.3. The Morgan fingerprint density at radius 2 is 1.88 bits per heavy atom. The monoisotopic (exact) mass is 428 g/mol. The van der Waals surface area contributed by atoms with E-state index >= 15 is 0 Å². The molecule has 0 saturated carbocycles. The van der Waals surface area contributed by atoms with Gasteiger partial charge in [0.15, 0.2) is 5.82 Å². The number of methoxy groups -OCH3 is 1. The van der Waals surface area contributed by atoms with E-state index in [1.807, 2.05) is 32.0 Å². The van der Waals surface area contributed by atoms with E-state index in [9.17, 15) is 9.59 Å². The molecule has 7 heteroatoms. The van der Waals surface area contributed by atoms with Gasteiger partial charge in [-0.3, -0.25) is 14.5 Å². The normalized spacial score (nSPS) is 13.2. The van der Waals surface area contributed by atoms with Crippen LogP contribution in [-0.4, -0.2) is 36.2 Å². The standard InChI is InChI=1S/C25H24N4O3/c1-16-6-7-18(13-17(16)2)22-14-24(31)29(25-21(28-22)5-4-12-26-25)15-23(30)27-19-8-10-20(32-3)11-9-19/h4-13H,14-15H2,1-3H3,(H,27,30). The van der Waals surface area contributed by atoms with E-state index in [-0.39, 0.29) is 24.8 Å². The minimum absolute atomic E-state index is 0.0781. The number of ether oxygens (including phenoxy) is 1. The van der Waals surface area contributed by atoms with Gasteiger partial charge in [-0.2, -0.15) is 0 Å². The number of carbonyl (C=O) groups is 2. The third kappa shape index (κ3) is 4.51. The van der Waals surface area contributed by atoms with Gasteiger partial charge in [0, 0.05) is 11.9 Å². The summed E-state index contributed by atoms with van der Waals surface area (Å²) in [4.78, 5) is 36.4. The summed E-state index contributed by atoms with van der Waals surface area (Å²) < 4.78 is 5.14. The lowest BCUT2D eigenvalue weighted by Gasteiger charge is -2.20. The number of pyridine rings is 1. The molecule has 0 aliphatic carbocycles. The molecule has 0 radical (unpaired) electrons. The van der Waals surface area contributed by atoms with Crippen LogP contribution in [0.5, 0.6) is 5.75 Å². The molecule has 1 aromatic heterocycles. The van der Waals surface area contributed by atoms with Crippen molar-refractivity contribution in [2.45, 2.75) is 20.3 Å². The smallest absolute Gasteiger partial charge is 0.244 e. The Morgan fingerprint density at radius 3 is 2.59 bits per heavy atom. The molecule has 0 bridgehead atoms. The van der Waals surface area contributed by atoms with E-state index in [2.05, 4.69) is 10.3 Å². The number of carbonyl (C=O) groups excluding carboxylic acids is 2. The maximum absolute atomic E-state index is 13.2. The molecular formula is C25H24N4O3. The molecule has 2 amide bonds. The average molecular weight is 428 g/mol. The van der Waals surface area contributed by atoms with Crippen molar-refractivity contribution in [3.63, 3.8) is 0 Å². The number of hydrogen-bond acceptors (Lipinski definition) is 5. The molecule has 162 valence electrons. The summed E-state index contributed by atoms with van der Waals surface area (Å²) in [5, 5.41) is 2.82. The van der Waals surface area contributed by atoms with E-state index in [0.29, 0.717) is 28.7 Å². The average Bonchev–Trinajstić information content (AvgIpc) is 2.93. The van der Waals surface area contributed by atoms with Gasteiger partial charge in [0.2, 0.25) is 11.8 Å². The molecule has 32 heavy (non-hydrogen) atoms. The summed E-state index contributed by atoms with van der Waals surface area (Å²) >= 11 is 0. The summed E-state index contributed by atoms with van der Waals surface area (Å²) in [7, 11) is 1.58. The Kier molecular flexibility index (Phi) is 5.98. The van der Waals surface area contributed by atoms with E-state index in [4.69, 9.17) is 9.73 Å². The van der Waals surface area contributed by atoms with Crippen LogP contribution in [-0.2, 0) is 9.59 Å². The summed E-state index contributed by atoms with van der Waals surface area (Å²) in [5.41, 5.74) is 5.03. The van der Waals surface area contributed by atoms with Gasteiger partial charge in [-0.25, -0.2) is 9.98 Å². The van der Waals surface area contributed by atoms with Crippen molar-refractivity contribution in [3.8, 4) is 5.75 Å². The minimum atomic E-state index is -0.324. The van der Waals surface area contributed by atoms with E-state index < -0.39 is 0 Å². The van der Waals surface area contributed by atoms with Crippen LogP contribution in [0.4, 0.5) is 17.2 Å². The highest BCUT2D eigenvalue weighted by Gasteiger charge is 2.27. The predicted octanol–water partition coefficient (Wildman–Crippen LogP) is 4.20. The van der Waals surface area contributed by atoms with Gasteiger partial charge in [0.25, 0.3) is 0 Å². The lowest BCUT2D eigenvalue weighted by molar-refractivity contribution is -0.120. The van der Waals surface area contributed by atoms with Crippen molar-refractivity contribution in [1.29, 1.82) is 0 Å². The molecule has 3 aromatic rings. The molecular weight excluding hydrogens is 404 g/mol. The number of benzene rings is 2. The first-order valence-electron chi connectivity index (χ1n) is 10.3. The second-order valence-electron chi connectivity index (χ2n) is 7.64. The highest BCUT2D eigenvalue weighted by Crippen LogP contribution is 2.31. The minimum Gasteiger partial charge on any atom is -0.497 e. The van der Waals surface area contributed by atoms with Crippen LogP contribution in [0.15, 0.2) is 65.8 Å². The number of amides is 2. The topological polar surface area (TPSA) is 83.9 Å². The molecule has 0 atom stereocenters. The molecule has 2 aromatic carbocycles. The van der Waals surface area contributed by atoms with Crippen LogP contribution >= 0.6 is 0 Å². The molecule has 7 nitrogen and oxygen atoms in total. The molecule has 0 saturated heterocycles. The molecule has 0 spiro atoms. The second-order valence-corrected chi connectivity index (χ2v) is 7.64. The van der Waals surface area contributed by atoms with Gasteiger partial charge in [0.1, 0.15) is 18.0 Å². The van der Waals surface area contributed by atoms with Crippen molar-refractivity contribution in [3.05, 3.63) is 77.5 Å². The lowest BCUT2D eigenvalue weighted by atomic mass is 10.0. The molecule has 4 rings (SSSR count). The van der Waals surface area contributed by atoms with Crippen LogP contribution in [0, 0.1) is 13.8 Å². The lowest BCUT2D eigenvalue weighted by Crippen LogP contribution is -2.39. The summed E-state index contributed by atoms with van der Waals surface area (Å²) in [6, 6.07) is 16.6. The van der Waals surface area contributed by atoms with Crippen molar-refractivity contribution in [2.75, 3.05) is 23.9 Å². The third-order valence-corrected chi connectivity index (χ3v) is 5.41. The summed E-state index contributed by atoms with van der Waals surface area (Å²) in [5.74, 6) is 0.514. The van der Waals surface area contributed by atoms with Crippen LogP contribution in [0.3, 0.4) is 0 Å². The number of hydrogen-bond donors (Lipinski definition) is 1. The maximum atomic E-state index is 13.2. The summed E-state index contributed by atoms with van der Waals surface area (Å²) in [6.07, 6.45) is 1.67. The number of anilines is 2. The van der Waals surface area contributed by atoms with Crippen molar-refractivity contribution < 1.29 is 14.3 Å². The van der Waals surface area contributed by atoms with Gasteiger partial charge in [-0.05, 0) is 73.0 Å². The number of nitrogens with one attached hydrogen (secondary N) is 1. The van der Waals surface area contributed by atoms with Crippen LogP contribution in [0.1, 0.15) is 23.1 Å². The van der Waals surface area contributed by atoms with E-state index in [1.165, 1.54) is 10.5 Å². The quantitative estimate of drug-likeness (QED) is 0.660. The molecule has 1 aliphatic rings. The Hall–Kier alpha value is -4.00. The second kappa shape index (κ2) is 9.01. The van der Waals surface area contributed by atoms with Crippen LogP contribution < -0.4 is 15.0 Å². The zero-order chi connectivity index (χ0) is 22.7. The van der Waals surface area contributed by atoms with Crippen molar-refractivity contribution >= 4 is 34.7 Å². The van der Waals surface area contributed by atoms with Gasteiger partial charge >= 0.3 is 0 Å². The molecule has 1 aliphatic heterocycles. The molecule has 0 unspecified atom stereocenters. The number of aryl methyl sites for hydroxylation is 2. The summed E-state index contributed by atoms with van der Waals surface area (Å²) in [6.45, 7) is 3.91. The molecule has 0 fully saturated rings. The number of aromatic nitrogens is 1. The highest BCUT2D eigenvalue weighted by molar-refractivity contribution is 6.18. The van der Waals surface area contributed by atoms with Crippen molar-refractivity contribution in [1.82, 2.24) is 4.98 Å². The third-order valence-electron chi connectivity index (χ3n) is 5.41. The largest absolute Gasteiger partial charge is 0.497 e. The highest BCUT2D eigenvalue weighted by atomic mass is 16.5. The van der Waals surface area contributed by atoms with Crippen LogP contribution in [0.2, 0.25) is 0 Å². The Labute approximate surface area is 186 Å². The fourth-order valence-electron chi connectivity index (χ4n) is 3.49. The van der Waals surface area contributed by atoms with Gasteiger partial charge in [-0.1, -0.05) is 12.1 Å². The first-order valence-corrected chi connectivity index (χ1v) is 10.3. The number of aliphatic imine (C=N–C) groups is 1. The van der Waals surface area contributed by atoms with Gasteiger partial charge in [0.05, 0.1) is 19.2 Å². The maximum Gasteiger partial charge on any atom is 0.244 e. The van der Waals surface area contributed by atoms with Crippen molar-refractivity contribution in [2.24, 2.45) is 4.99 Å². The number of fused-ring (bicyclic) bond motifs is 1. The number of nitrogens with zero attached hydrogens (tertiary/aromatic N) is 3. The Balaban J connectivity index is 1.59.